The van der Waals surface area contributed by atoms with Gasteiger partial charge in [-0.05, 0) is 13.3 Å². The van der Waals surface area contributed by atoms with Gasteiger partial charge >= 0.3 is 0 Å². The van der Waals surface area contributed by atoms with E-state index in [1.165, 1.54) is 0 Å². The molecule has 0 heterocycles. The van der Waals surface area contributed by atoms with Crippen LogP contribution in [0, 0.1) is 5.92 Å². The van der Waals surface area contributed by atoms with E-state index in [4.69, 9.17) is 10.2 Å². The minimum absolute atomic E-state index is 0.00463. The Morgan fingerprint density at radius 2 is 2.44 bits per heavy atom. The van der Waals surface area contributed by atoms with Crippen molar-refractivity contribution in [3.8, 4) is 0 Å². The van der Waals surface area contributed by atoms with E-state index in [1.54, 1.807) is 0 Å². The third kappa shape index (κ3) is 1.14. The monoisotopic (exact) mass is 128 g/mol. The van der Waals surface area contributed by atoms with Gasteiger partial charge in [0.2, 0.25) is 0 Å². The topological polar surface area (TPSA) is 40.5 Å². The van der Waals surface area contributed by atoms with Crippen molar-refractivity contribution < 1.29 is 10.2 Å². The van der Waals surface area contributed by atoms with Crippen LogP contribution < -0.4 is 0 Å². The summed E-state index contributed by atoms with van der Waals surface area (Å²) in [7, 11) is 0. The predicted octanol–water partition coefficient (Wildman–Crippen LogP) is 0.306. The van der Waals surface area contributed by atoms with Crippen LogP contribution in [0.2, 0.25) is 0 Å². The Morgan fingerprint density at radius 3 is 2.67 bits per heavy atom. The number of rotatable bonds is 1. The van der Waals surface area contributed by atoms with E-state index in [0.29, 0.717) is 6.42 Å². The van der Waals surface area contributed by atoms with Crippen molar-refractivity contribution in [2.75, 3.05) is 6.61 Å². The van der Waals surface area contributed by atoms with E-state index < -0.39 is 0 Å². The van der Waals surface area contributed by atoms with Crippen molar-refractivity contribution in [2.24, 2.45) is 5.92 Å². The maximum atomic E-state index is 9.15. The quantitative estimate of drug-likeness (QED) is 0.499. The molecule has 2 atom stereocenters. The minimum atomic E-state index is -0.338. The lowest BCUT2D eigenvalue weighted by atomic mass is 10.0. The molecule has 0 aromatic carbocycles. The third-order valence-electron chi connectivity index (χ3n) is 1.93. The average Bonchev–Trinajstić information content (AvgIpc) is 2.12. The van der Waals surface area contributed by atoms with Crippen LogP contribution in [0.1, 0.15) is 13.3 Å². The predicted molar refractivity (Wildman–Crippen MR) is 35.0 cm³/mol. The summed E-state index contributed by atoms with van der Waals surface area (Å²) in [6, 6.07) is 0. The highest BCUT2D eigenvalue weighted by Crippen LogP contribution is 2.24. The summed E-state index contributed by atoms with van der Waals surface area (Å²) in [6.45, 7) is 2.01. The highest BCUT2D eigenvalue weighted by molar-refractivity contribution is 5.13. The van der Waals surface area contributed by atoms with Crippen molar-refractivity contribution >= 4 is 0 Å². The van der Waals surface area contributed by atoms with E-state index in [2.05, 4.69) is 0 Å². The molecule has 1 unspecified atom stereocenters. The largest absolute Gasteiger partial charge is 0.396 e. The molecule has 2 nitrogen and oxygen atoms in total. The second-order valence-corrected chi connectivity index (χ2v) is 2.54. The molecule has 52 valence electrons. The minimum Gasteiger partial charge on any atom is -0.396 e. The third-order valence-corrected chi connectivity index (χ3v) is 1.93. The Hall–Kier alpha value is -0.340. The normalized spacial score (nSPS) is 34.8. The van der Waals surface area contributed by atoms with Crippen LogP contribution in [0.5, 0.6) is 0 Å². The SMILES string of the molecule is CC1=CC[C@H](O)C1CO. The molecule has 9 heavy (non-hydrogen) atoms. The molecular weight excluding hydrogens is 116 g/mol. The first-order valence-electron chi connectivity index (χ1n) is 3.21. The average molecular weight is 128 g/mol. The summed E-state index contributed by atoms with van der Waals surface area (Å²) in [5.74, 6) is 0.00463. The second-order valence-electron chi connectivity index (χ2n) is 2.54. The molecule has 0 fully saturated rings. The first-order valence-corrected chi connectivity index (χ1v) is 3.21. The molecule has 2 N–H and O–H groups in total. The summed E-state index contributed by atoms with van der Waals surface area (Å²) in [6.07, 6.45) is 2.35. The van der Waals surface area contributed by atoms with E-state index in [-0.39, 0.29) is 18.6 Å². The molecular formula is C7H12O2. The maximum absolute atomic E-state index is 9.15. The molecule has 0 bridgehead atoms. The fourth-order valence-electron chi connectivity index (χ4n) is 1.19. The van der Waals surface area contributed by atoms with Gasteiger partial charge in [0.25, 0.3) is 0 Å². The molecule has 0 radical (unpaired) electrons. The summed E-state index contributed by atoms with van der Waals surface area (Å²) < 4.78 is 0. The summed E-state index contributed by atoms with van der Waals surface area (Å²) >= 11 is 0. The molecule has 0 saturated carbocycles. The Kier molecular flexibility index (Phi) is 1.88. The zero-order valence-corrected chi connectivity index (χ0v) is 5.54. The van der Waals surface area contributed by atoms with E-state index in [9.17, 15) is 0 Å². The lowest BCUT2D eigenvalue weighted by Crippen LogP contribution is -2.19. The zero-order chi connectivity index (χ0) is 6.85. The molecule has 0 aliphatic heterocycles. The lowest BCUT2D eigenvalue weighted by Gasteiger charge is -2.12. The van der Waals surface area contributed by atoms with Gasteiger partial charge in [-0.3, -0.25) is 0 Å². The molecule has 0 aromatic rings. The molecule has 1 aliphatic carbocycles. The van der Waals surface area contributed by atoms with Gasteiger partial charge in [-0.2, -0.15) is 0 Å². The van der Waals surface area contributed by atoms with Gasteiger partial charge < -0.3 is 10.2 Å². The number of aliphatic hydroxyl groups excluding tert-OH is 2. The number of hydrogen-bond donors (Lipinski definition) is 2. The molecule has 0 saturated heterocycles. The molecule has 0 amide bonds. The Balaban J connectivity index is 2.57. The van der Waals surface area contributed by atoms with Crippen LogP contribution in [0.4, 0.5) is 0 Å². The number of hydrogen-bond acceptors (Lipinski definition) is 2. The fourth-order valence-corrected chi connectivity index (χ4v) is 1.19. The van der Waals surface area contributed by atoms with Crippen LogP contribution in [-0.2, 0) is 0 Å². The maximum Gasteiger partial charge on any atom is 0.0661 e. The van der Waals surface area contributed by atoms with E-state index in [0.717, 1.165) is 5.57 Å². The number of aliphatic hydroxyl groups is 2. The zero-order valence-electron chi connectivity index (χ0n) is 5.54. The van der Waals surface area contributed by atoms with E-state index in [1.807, 2.05) is 13.0 Å². The van der Waals surface area contributed by atoms with Gasteiger partial charge in [-0.15, -0.1) is 0 Å². The van der Waals surface area contributed by atoms with Crippen LogP contribution in [0.15, 0.2) is 11.6 Å². The van der Waals surface area contributed by atoms with Gasteiger partial charge in [0.15, 0.2) is 0 Å². The first kappa shape index (κ1) is 6.78. The highest BCUT2D eigenvalue weighted by Gasteiger charge is 2.23. The summed E-state index contributed by atoms with van der Waals surface area (Å²) in [5, 5.41) is 17.9. The summed E-state index contributed by atoms with van der Waals surface area (Å²) in [5.41, 5.74) is 1.12. The molecule has 0 spiro atoms. The van der Waals surface area contributed by atoms with Gasteiger partial charge in [0.1, 0.15) is 0 Å². The molecule has 0 aromatic heterocycles. The smallest absolute Gasteiger partial charge is 0.0661 e. The van der Waals surface area contributed by atoms with Crippen molar-refractivity contribution in [3.05, 3.63) is 11.6 Å². The Morgan fingerprint density at radius 1 is 1.78 bits per heavy atom. The fraction of sp³-hybridized carbons (Fsp3) is 0.714. The second kappa shape index (κ2) is 2.50. The van der Waals surface area contributed by atoms with Crippen LogP contribution >= 0.6 is 0 Å². The van der Waals surface area contributed by atoms with Crippen LogP contribution in [-0.4, -0.2) is 22.9 Å². The molecule has 1 aliphatic rings. The standard InChI is InChI=1S/C7H12O2/c1-5-2-3-7(9)6(5)4-8/h2,6-9H,3-4H2,1H3/t6?,7-/m0/s1. The first-order chi connectivity index (χ1) is 4.25. The van der Waals surface area contributed by atoms with E-state index >= 15 is 0 Å². The van der Waals surface area contributed by atoms with Gasteiger partial charge in [0.05, 0.1) is 12.7 Å². The van der Waals surface area contributed by atoms with Crippen LogP contribution in [0.25, 0.3) is 0 Å². The van der Waals surface area contributed by atoms with Crippen molar-refractivity contribution in [1.82, 2.24) is 0 Å². The lowest BCUT2D eigenvalue weighted by molar-refractivity contribution is 0.0993. The van der Waals surface area contributed by atoms with Gasteiger partial charge in [0, 0.05) is 5.92 Å². The Bertz CT molecular complexity index is 129. The Labute approximate surface area is 54.8 Å². The van der Waals surface area contributed by atoms with Crippen molar-refractivity contribution in [1.29, 1.82) is 0 Å². The van der Waals surface area contributed by atoms with Crippen LogP contribution in [0.3, 0.4) is 0 Å². The van der Waals surface area contributed by atoms with Gasteiger partial charge in [-0.1, -0.05) is 11.6 Å². The highest BCUT2D eigenvalue weighted by atomic mass is 16.3. The van der Waals surface area contributed by atoms with Crippen molar-refractivity contribution in [3.63, 3.8) is 0 Å². The summed E-state index contributed by atoms with van der Waals surface area (Å²) in [4.78, 5) is 0. The molecule has 1 rings (SSSR count). The molecule has 2 heteroatoms. The van der Waals surface area contributed by atoms with Gasteiger partial charge in [-0.25, -0.2) is 0 Å². The van der Waals surface area contributed by atoms with Crippen molar-refractivity contribution in [2.45, 2.75) is 19.4 Å².